The number of benzene rings is 1. The summed E-state index contributed by atoms with van der Waals surface area (Å²) in [5, 5.41) is 13.1. The van der Waals surface area contributed by atoms with Gasteiger partial charge in [-0.15, -0.1) is 11.3 Å². The Morgan fingerprint density at radius 3 is 2.79 bits per heavy atom. The molecule has 1 aromatic carbocycles. The van der Waals surface area contributed by atoms with E-state index >= 15 is 0 Å². The van der Waals surface area contributed by atoms with Crippen LogP contribution < -0.4 is 9.47 Å². The van der Waals surface area contributed by atoms with Crippen LogP contribution in [0.5, 0.6) is 11.5 Å². The molecule has 0 saturated heterocycles. The maximum absolute atomic E-state index is 12.0. The fourth-order valence-electron chi connectivity index (χ4n) is 2.28. The molecule has 0 bridgehead atoms. The van der Waals surface area contributed by atoms with Gasteiger partial charge in [-0.25, -0.2) is 9.79 Å². The van der Waals surface area contributed by atoms with Crippen molar-refractivity contribution in [1.82, 2.24) is 0 Å². The van der Waals surface area contributed by atoms with Gasteiger partial charge in [-0.2, -0.15) is 0 Å². The molecule has 2 aromatic rings. The zero-order valence-electron chi connectivity index (χ0n) is 11.9. The third-order valence-electron chi connectivity index (χ3n) is 3.36. The van der Waals surface area contributed by atoms with Crippen LogP contribution in [-0.2, 0) is 9.53 Å². The Labute approximate surface area is 138 Å². The van der Waals surface area contributed by atoms with E-state index in [9.17, 15) is 14.9 Å². The molecule has 0 aliphatic carbocycles. The molecule has 0 saturated carbocycles. The number of esters is 1. The lowest BCUT2D eigenvalue weighted by Gasteiger charge is -2.01. The van der Waals surface area contributed by atoms with Gasteiger partial charge in [-0.1, -0.05) is 6.07 Å². The Hall–Kier alpha value is -3.20. The van der Waals surface area contributed by atoms with E-state index in [4.69, 9.17) is 14.2 Å². The van der Waals surface area contributed by atoms with Crippen molar-refractivity contribution in [1.29, 1.82) is 0 Å². The average molecular weight is 344 g/mol. The number of nitro groups is 1. The van der Waals surface area contributed by atoms with Crippen LogP contribution in [0.15, 0.2) is 40.3 Å². The third-order valence-corrected chi connectivity index (χ3v) is 4.22. The van der Waals surface area contributed by atoms with Gasteiger partial charge in [-0.3, -0.25) is 10.1 Å². The van der Waals surface area contributed by atoms with Crippen molar-refractivity contribution < 1.29 is 23.9 Å². The zero-order chi connectivity index (χ0) is 16.7. The van der Waals surface area contributed by atoms with E-state index in [1.165, 1.54) is 29.5 Å². The summed E-state index contributed by atoms with van der Waals surface area (Å²) in [7, 11) is 0. The number of carbonyl (C=O) groups excluding carboxylic acids is 1. The molecule has 0 N–H and O–H groups in total. The fraction of sp³-hybridized carbons (Fsp3) is 0.0667. The van der Waals surface area contributed by atoms with Gasteiger partial charge >= 0.3 is 5.97 Å². The van der Waals surface area contributed by atoms with Crippen LogP contribution in [0.25, 0.3) is 6.08 Å². The molecule has 1 aromatic heterocycles. The number of rotatable bonds is 3. The van der Waals surface area contributed by atoms with Gasteiger partial charge in [0.15, 0.2) is 17.2 Å². The molecule has 3 heterocycles. The number of ether oxygens (including phenoxy) is 3. The smallest absolute Gasteiger partial charge is 0.363 e. The first-order valence-electron chi connectivity index (χ1n) is 6.76. The molecule has 0 unspecified atom stereocenters. The number of cyclic esters (lactones) is 1. The lowest BCUT2D eigenvalue weighted by atomic mass is 10.1. The monoisotopic (exact) mass is 344 g/mol. The van der Waals surface area contributed by atoms with E-state index in [0.717, 1.165) is 0 Å². The number of carbonyl (C=O) groups is 1. The van der Waals surface area contributed by atoms with Crippen LogP contribution in [0.2, 0.25) is 0 Å². The number of aliphatic imine (C=N–C) groups is 1. The molecule has 2 aliphatic rings. The zero-order valence-corrected chi connectivity index (χ0v) is 12.7. The number of hydrogen-bond donors (Lipinski definition) is 0. The first-order valence-corrected chi connectivity index (χ1v) is 7.64. The van der Waals surface area contributed by atoms with Gasteiger partial charge in [0, 0.05) is 0 Å². The largest absolute Gasteiger partial charge is 0.454 e. The lowest BCUT2D eigenvalue weighted by molar-refractivity contribution is -0.385. The van der Waals surface area contributed by atoms with Crippen LogP contribution in [-0.4, -0.2) is 23.6 Å². The average Bonchev–Trinajstić information content (AvgIpc) is 3.27. The van der Waals surface area contributed by atoms with Crippen LogP contribution in [0.4, 0.5) is 5.69 Å². The van der Waals surface area contributed by atoms with Gasteiger partial charge in [0.05, 0.1) is 21.4 Å². The van der Waals surface area contributed by atoms with E-state index in [0.29, 0.717) is 16.4 Å². The van der Waals surface area contributed by atoms with Gasteiger partial charge in [0.2, 0.25) is 12.7 Å². The second-order valence-corrected chi connectivity index (χ2v) is 5.78. The highest BCUT2D eigenvalue weighted by Crippen LogP contribution is 2.39. The Kier molecular flexibility index (Phi) is 3.28. The first-order chi connectivity index (χ1) is 11.6. The maximum atomic E-state index is 12.0. The molecular weight excluding hydrogens is 336 g/mol. The molecular formula is C15H8N2O6S. The van der Waals surface area contributed by atoms with E-state index in [1.54, 1.807) is 12.1 Å². The number of hydrogen-bond acceptors (Lipinski definition) is 8. The summed E-state index contributed by atoms with van der Waals surface area (Å²) in [5.74, 6) is 0.192. The molecule has 8 nitrogen and oxygen atoms in total. The maximum Gasteiger partial charge on any atom is 0.363 e. The summed E-state index contributed by atoms with van der Waals surface area (Å²) in [6, 6.07) is 6.28. The molecule has 0 fully saturated rings. The highest BCUT2D eigenvalue weighted by atomic mass is 32.1. The molecule has 24 heavy (non-hydrogen) atoms. The standard InChI is InChI=1S/C15H8N2O6S/c18-15-9(16-14(23-15)13-2-1-3-24-13)4-8-5-11-12(22-7-21-11)6-10(8)17(19)20/h1-6H,7H2. The summed E-state index contributed by atoms with van der Waals surface area (Å²) >= 11 is 1.37. The number of fused-ring (bicyclic) bond motifs is 1. The number of nitrogens with zero attached hydrogens (tertiary/aromatic N) is 2. The summed E-state index contributed by atoms with van der Waals surface area (Å²) in [4.78, 5) is 27.5. The molecule has 2 aliphatic heterocycles. The van der Waals surface area contributed by atoms with Crippen molar-refractivity contribution in [2.75, 3.05) is 6.79 Å². The first kappa shape index (κ1) is 14.4. The Balaban J connectivity index is 1.78. The molecule has 9 heteroatoms. The normalized spacial score (nSPS) is 17.1. The minimum Gasteiger partial charge on any atom is -0.454 e. The second kappa shape index (κ2) is 5.46. The quantitative estimate of drug-likeness (QED) is 0.367. The van der Waals surface area contributed by atoms with Gasteiger partial charge in [0.1, 0.15) is 0 Å². The minimum absolute atomic E-state index is 0.00473. The summed E-state index contributed by atoms with van der Waals surface area (Å²) in [6.45, 7) is -0.00473. The van der Waals surface area contributed by atoms with Gasteiger partial charge in [-0.05, 0) is 23.6 Å². The van der Waals surface area contributed by atoms with Crippen molar-refractivity contribution in [3.05, 3.63) is 55.9 Å². The molecule has 0 radical (unpaired) electrons. The van der Waals surface area contributed by atoms with E-state index in [1.807, 2.05) is 5.38 Å². The fourth-order valence-corrected chi connectivity index (χ4v) is 2.93. The third kappa shape index (κ3) is 2.40. The molecule has 0 amide bonds. The minimum atomic E-state index is -0.662. The van der Waals surface area contributed by atoms with E-state index in [-0.39, 0.29) is 29.6 Å². The van der Waals surface area contributed by atoms with Crippen LogP contribution in [0, 0.1) is 10.1 Å². The topological polar surface area (TPSA) is 100 Å². The highest BCUT2D eigenvalue weighted by molar-refractivity contribution is 7.12. The van der Waals surface area contributed by atoms with Crippen LogP contribution in [0.3, 0.4) is 0 Å². The second-order valence-electron chi connectivity index (χ2n) is 4.83. The Morgan fingerprint density at radius 2 is 2.08 bits per heavy atom. The van der Waals surface area contributed by atoms with Crippen molar-refractivity contribution in [2.24, 2.45) is 4.99 Å². The summed E-state index contributed by atoms with van der Waals surface area (Å²) in [6.07, 6.45) is 1.31. The predicted octanol–water partition coefficient (Wildman–Crippen LogP) is 2.73. The van der Waals surface area contributed by atoms with Crippen molar-refractivity contribution >= 4 is 35.0 Å². The molecule has 0 atom stereocenters. The Bertz CT molecular complexity index is 916. The van der Waals surface area contributed by atoms with Gasteiger partial charge in [0.25, 0.3) is 5.69 Å². The van der Waals surface area contributed by atoms with Crippen LogP contribution in [0.1, 0.15) is 10.4 Å². The summed E-state index contributed by atoms with van der Waals surface area (Å²) < 4.78 is 15.5. The SMILES string of the molecule is O=C1OC(c2cccs2)=NC1=Cc1cc2c(cc1[N+](=O)[O-])OCO2. The van der Waals surface area contributed by atoms with Crippen molar-refractivity contribution in [3.8, 4) is 11.5 Å². The lowest BCUT2D eigenvalue weighted by Crippen LogP contribution is -2.03. The summed E-state index contributed by atoms with van der Waals surface area (Å²) in [5.41, 5.74) is -0.0351. The van der Waals surface area contributed by atoms with E-state index < -0.39 is 10.9 Å². The van der Waals surface area contributed by atoms with Crippen LogP contribution >= 0.6 is 11.3 Å². The van der Waals surface area contributed by atoms with Crippen molar-refractivity contribution in [2.45, 2.75) is 0 Å². The highest BCUT2D eigenvalue weighted by Gasteiger charge is 2.28. The van der Waals surface area contributed by atoms with E-state index in [2.05, 4.69) is 4.99 Å². The molecule has 0 spiro atoms. The molecule has 120 valence electrons. The number of thiophene rings is 1. The predicted molar refractivity (Wildman–Crippen MR) is 84.1 cm³/mol. The Morgan fingerprint density at radius 1 is 1.29 bits per heavy atom. The van der Waals surface area contributed by atoms with Crippen molar-refractivity contribution in [3.63, 3.8) is 0 Å². The molecule has 4 rings (SSSR count). The van der Waals surface area contributed by atoms with Gasteiger partial charge < -0.3 is 14.2 Å². The number of nitro benzene ring substituents is 1.